The van der Waals surface area contributed by atoms with Gasteiger partial charge in [0.2, 0.25) is 12.2 Å². The Balaban J connectivity index is 2.52. The van der Waals surface area contributed by atoms with Gasteiger partial charge in [0.1, 0.15) is 0 Å². The number of carbonyl (C=O) groups is 3. The predicted molar refractivity (Wildman–Crippen MR) is 66.4 cm³/mol. The summed E-state index contributed by atoms with van der Waals surface area (Å²) in [6, 6.07) is 0. The Morgan fingerprint density at radius 2 is 2.15 bits per heavy atom. The van der Waals surface area contributed by atoms with Gasteiger partial charge in [0.15, 0.2) is 6.29 Å². The third kappa shape index (κ3) is 4.34. The zero-order chi connectivity index (χ0) is 15.3. The standard InChI is InChI=1S/C13H18O7/c1-5-17-8(4)18-12(15)9-6-10(13(16)20-9)19-11(14)7(2)3/h8-10H,2,5-6H2,1,3-4H3. The molecule has 3 unspecified atom stereocenters. The van der Waals surface area contributed by atoms with E-state index in [1.54, 1.807) is 13.8 Å². The van der Waals surface area contributed by atoms with Crippen LogP contribution in [0.4, 0.5) is 0 Å². The molecule has 0 aromatic carbocycles. The fourth-order valence-electron chi connectivity index (χ4n) is 1.53. The minimum absolute atomic E-state index is 0.0739. The Kier molecular flexibility index (Phi) is 5.69. The van der Waals surface area contributed by atoms with Crippen LogP contribution in [-0.2, 0) is 33.3 Å². The summed E-state index contributed by atoms with van der Waals surface area (Å²) in [7, 11) is 0. The molecule has 112 valence electrons. The third-order valence-corrected chi connectivity index (χ3v) is 2.49. The molecular weight excluding hydrogens is 268 g/mol. The van der Waals surface area contributed by atoms with E-state index in [1.807, 2.05) is 0 Å². The van der Waals surface area contributed by atoms with E-state index in [0.29, 0.717) is 6.61 Å². The molecule has 0 saturated carbocycles. The van der Waals surface area contributed by atoms with Gasteiger partial charge in [0, 0.05) is 18.6 Å². The summed E-state index contributed by atoms with van der Waals surface area (Å²) < 4.78 is 19.7. The lowest BCUT2D eigenvalue weighted by molar-refractivity contribution is -0.185. The molecule has 1 rings (SSSR count). The van der Waals surface area contributed by atoms with Crippen molar-refractivity contribution in [1.82, 2.24) is 0 Å². The Morgan fingerprint density at radius 3 is 2.70 bits per heavy atom. The van der Waals surface area contributed by atoms with E-state index in [-0.39, 0.29) is 12.0 Å². The molecule has 0 aromatic rings. The monoisotopic (exact) mass is 286 g/mol. The number of carbonyl (C=O) groups excluding carboxylic acids is 3. The predicted octanol–water partition coefficient (Wildman–Crippen LogP) is 0.716. The summed E-state index contributed by atoms with van der Waals surface area (Å²) in [6.45, 7) is 8.55. The van der Waals surface area contributed by atoms with Crippen molar-refractivity contribution >= 4 is 17.9 Å². The summed E-state index contributed by atoms with van der Waals surface area (Å²) in [5.74, 6) is -2.21. The second-order valence-corrected chi connectivity index (χ2v) is 4.30. The van der Waals surface area contributed by atoms with Gasteiger partial charge in [-0.05, 0) is 20.8 Å². The molecule has 1 fully saturated rings. The van der Waals surface area contributed by atoms with Gasteiger partial charge >= 0.3 is 17.9 Å². The van der Waals surface area contributed by atoms with Crippen LogP contribution < -0.4 is 0 Å². The fourth-order valence-corrected chi connectivity index (χ4v) is 1.53. The van der Waals surface area contributed by atoms with Crippen LogP contribution in [-0.4, -0.2) is 43.0 Å². The van der Waals surface area contributed by atoms with Crippen LogP contribution in [0.3, 0.4) is 0 Å². The van der Waals surface area contributed by atoms with Crippen LogP contribution in [0.2, 0.25) is 0 Å². The van der Waals surface area contributed by atoms with Gasteiger partial charge < -0.3 is 18.9 Å². The molecule has 3 atom stereocenters. The van der Waals surface area contributed by atoms with Crippen molar-refractivity contribution in [3.05, 3.63) is 12.2 Å². The highest BCUT2D eigenvalue weighted by molar-refractivity contribution is 5.91. The molecule has 0 aliphatic carbocycles. The largest absolute Gasteiger partial charge is 0.447 e. The van der Waals surface area contributed by atoms with Gasteiger partial charge in [0.05, 0.1) is 0 Å². The first kappa shape index (κ1) is 16.2. The van der Waals surface area contributed by atoms with Crippen LogP contribution >= 0.6 is 0 Å². The smallest absolute Gasteiger partial charge is 0.349 e. The molecular formula is C13H18O7. The molecule has 1 heterocycles. The summed E-state index contributed by atoms with van der Waals surface area (Å²) in [5, 5.41) is 0. The maximum atomic E-state index is 11.7. The van der Waals surface area contributed by atoms with E-state index in [1.165, 1.54) is 6.92 Å². The minimum atomic E-state index is -1.11. The molecule has 7 nitrogen and oxygen atoms in total. The van der Waals surface area contributed by atoms with Gasteiger partial charge in [-0.3, -0.25) is 0 Å². The van der Waals surface area contributed by atoms with Gasteiger partial charge in [-0.15, -0.1) is 0 Å². The SMILES string of the molecule is C=C(C)C(=O)OC1CC(C(=O)OC(C)OCC)OC1=O. The lowest BCUT2D eigenvalue weighted by Gasteiger charge is -2.15. The molecule has 0 N–H and O–H groups in total. The van der Waals surface area contributed by atoms with Crippen molar-refractivity contribution in [2.24, 2.45) is 0 Å². The number of esters is 3. The van der Waals surface area contributed by atoms with Crippen molar-refractivity contribution in [2.75, 3.05) is 6.61 Å². The molecule has 0 aromatic heterocycles. The van der Waals surface area contributed by atoms with Crippen LogP contribution in [0.5, 0.6) is 0 Å². The first-order valence-electron chi connectivity index (χ1n) is 6.24. The molecule has 0 radical (unpaired) electrons. The maximum absolute atomic E-state index is 11.7. The average molecular weight is 286 g/mol. The normalized spacial score (nSPS) is 22.9. The summed E-state index contributed by atoms with van der Waals surface area (Å²) in [5.41, 5.74) is 0.161. The fraction of sp³-hybridized carbons (Fsp3) is 0.615. The molecule has 0 bridgehead atoms. The van der Waals surface area contributed by atoms with Crippen LogP contribution in [0, 0.1) is 0 Å². The zero-order valence-corrected chi connectivity index (χ0v) is 11.7. The van der Waals surface area contributed by atoms with Crippen molar-refractivity contribution in [2.45, 2.75) is 45.7 Å². The lowest BCUT2D eigenvalue weighted by Crippen LogP contribution is -2.28. The maximum Gasteiger partial charge on any atom is 0.349 e. The van der Waals surface area contributed by atoms with Crippen molar-refractivity contribution in [1.29, 1.82) is 0 Å². The van der Waals surface area contributed by atoms with Gasteiger partial charge in [-0.2, -0.15) is 0 Å². The third-order valence-electron chi connectivity index (χ3n) is 2.49. The minimum Gasteiger partial charge on any atom is -0.447 e. The molecule has 1 aliphatic rings. The number of ether oxygens (including phenoxy) is 4. The van der Waals surface area contributed by atoms with Crippen LogP contribution in [0.15, 0.2) is 12.2 Å². The average Bonchev–Trinajstić information content (AvgIpc) is 2.71. The number of hydrogen-bond donors (Lipinski definition) is 0. The Hall–Kier alpha value is -1.89. The Labute approximate surface area is 116 Å². The second-order valence-electron chi connectivity index (χ2n) is 4.30. The Bertz CT molecular complexity index is 415. The lowest BCUT2D eigenvalue weighted by atomic mass is 10.2. The van der Waals surface area contributed by atoms with E-state index < -0.39 is 36.4 Å². The zero-order valence-electron chi connectivity index (χ0n) is 11.7. The van der Waals surface area contributed by atoms with Crippen molar-refractivity contribution < 1.29 is 33.3 Å². The number of hydrogen-bond acceptors (Lipinski definition) is 7. The van der Waals surface area contributed by atoms with E-state index in [0.717, 1.165) is 0 Å². The second kappa shape index (κ2) is 7.04. The van der Waals surface area contributed by atoms with Gasteiger partial charge in [0.25, 0.3) is 0 Å². The van der Waals surface area contributed by atoms with E-state index in [2.05, 4.69) is 6.58 Å². The number of cyclic esters (lactones) is 1. The first-order chi connectivity index (χ1) is 9.35. The summed E-state index contributed by atoms with van der Waals surface area (Å²) in [6.07, 6.45) is -3.01. The molecule has 0 spiro atoms. The molecule has 7 heteroatoms. The quantitative estimate of drug-likeness (QED) is 0.307. The summed E-state index contributed by atoms with van der Waals surface area (Å²) in [4.78, 5) is 34.5. The molecule has 0 amide bonds. The van der Waals surface area contributed by atoms with E-state index in [4.69, 9.17) is 18.9 Å². The molecule has 1 saturated heterocycles. The highest BCUT2D eigenvalue weighted by Gasteiger charge is 2.42. The van der Waals surface area contributed by atoms with Gasteiger partial charge in [-0.25, -0.2) is 14.4 Å². The van der Waals surface area contributed by atoms with E-state index >= 15 is 0 Å². The van der Waals surface area contributed by atoms with Crippen molar-refractivity contribution in [3.63, 3.8) is 0 Å². The molecule has 1 aliphatic heterocycles. The highest BCUT2D eigenvalue weighted by Crippen LogP contribution is 2.20. The van der Waals surface area contributed by atoms with Crippen LogP contribution in [0.25, 0.3) is 0 Å². The van der Waals surface area contributed by atoms with E-state index in [9.17, 15) is 14.4 Å². The Morgan fingerprint density at radius 1 is 1.50 bits per heavy atom. The topological polar surface area (TPSA) is 88.1 Å². The molecule has 20 heavy (non-hydrogen) atoms. The highest BCUT2D eigenvalue weighted by atomic mass is 16.7. The summed E-state index contributed by atoms with van der Waals surface area (Å²) >= 11 is 0. The first-order valence-corrected chi connectivity index (χ1v) is 6.24. The number of rotatable bonds is 6. The van der Waals surface area contributed by atoms with Crippen molar-refractivity contribution in [3.8, 4) is 0 Å². The van der Waals surface area contributed by atoms with Gasteiger partial charge in [-0.1, -0.05) is 6.58 Å². The van der Waals surface area contributed by atoms with Crippen LogP contribution in [0.1, 0.15) is 27.2 Å².